The smallest absolute Gasteiger partial charge is 0.169 e. The number of ether oxygens (including phenoxy) is 1. The summed E-state index contributed by atoms with van der Waals surface area (Å²) in [7, 11) is 0. The molecule has 0 aliphatic rings. The van der Waals surface area contributed by atoms with Crippen LogP contribution in [-0.2, 0) is 0 Å². The van der Waals surface area contributed by atoms with Crippen LogP contribution in [-0.4, -0.2) is 5.56 Å². The monoisotopic (exact) mass is 174 g/mol. The summed E-state index contributed by atoms with van der Waals surface area (Å²) in [4.78, 5) is 0. The lowest BCUT2D eigenvalue weighted by molar-refractivity contribution is 0.286. The van der Waals surface area contributed by atoms with Crippen molar-refractivity contribution in [3.05, 3.63) is 30.1 Å². The SMILES string of the molecule is CC(Cl)Oc1ccccc1F. The Bertz CT molecular complexity index is 237. The number of hydrogen-bond donors (Lipinski definition) is 0. The molecule has 1 aromatic rings. The summed E-state index contributed by atoms with van der Waals surface area (Å²) in [5.74, 6) is -0.199. The molecule has 0 amide bonds. The first-order valence-corrected chi connectivity index (χ1v) is 3.69. The third-order valence-electron chi connectivity index (χ3n) is 1.13. The normalized spacial score (nSPS) is 12.6. The van der Waals surface area contributed by atoms with E-state index in [4.69, 9.17) is 16.3 Å². The van der Waals surface area contributed by atoms with Gasteiger partial charge in [0, 0.05) is 0 Å². The zero-order valence-corrected chi connectivity index (χ0v) is 6.81. The van der Waals surface area contributed by atoms with Crippen molar-refractivity contribution in [2.75, 3.05) is 0 Å². The lowest BCUT2D eigenvalue weighted by atomic mass is 10.3. The third kappa shape index (κ3) is 2.39. The standard InChI is InChI=1S/C8H8ClFO/c1-6(9)11-8-5-3-2-4-7(8)10/h2-6H,1H3. The van der Waals surface area contributed by atoms with Gasteiger partial charge in [-0.1, -0.05) is 23.7 Å². The number of hydrogen-bond acceptors (Lipinski definition) is 1. The number of rotatable bonds is 2. The van der Waals surface area contributed by atoms with Crippen LogP contribution < -0.4 is 4.74 Å². The largest absolute Gasteiger partial charge is 0.472 e. The Morgan fingerprint density at radius 3 is 2.64 bits per heavy atom. The van der Waals surface area contributed by atoms with E-state index in [1.165, 1.54) is 12.1 Å². The summed E-state index contributed by atoms with van der Waals surface area (Å²) in [5, 5.41) is 0. The second-order valence-corrected chi connectivity index (χ2v) is 2.71. The third-order valence-corrected chi connectivity index (χ3v) is 1.22. The first-order valence-electron chi connectivity index (χ1n) is 3.25. The van der Waals surface area contributed by atoms with Gasteiger partial charge in [0.05, 0.1) is 0 Å². The highest BCUT2D eigenvalue weighted by atomic mass is 35.5. The van der Waals surface area contributed by atoms with E-state index >= 15 is 0 Å². The summed E-state index contributed by atoms with van der Waals surface area (Å²) in [6.07, 6.45) is 0. The molecule has 1 atom stereocenters. The van der Waals surface area contributed by atoms with Gasteiger partial charge in [0.25, 0.3) is 0 Å². The maximum Gasteiger partial charge on any atom is 0.169 e. The van der Waals surface area contributed by atoms with Crippen LogP contribution in [0, 0.1) is 5.82 Å². The lowest BCUT2D eigenvalue weighted by Gasteiger charge is -2.07. The van der Waals surface area contributed by atoms with Crippen LogP contribution in [0.15, 0.2) is 24.3 Å². The van der Waals surface area contributed by atoms with Crippen molar-refractivity contribution < 1.29 is 9.13 Å². The Morgan fingerprint density at radius 1 is 1.45 bits per heavy atom. The second kappa shape index (κ2) is 3.58. The zero-order valence-electron chi connectivity index (χ0n) is 6.05. The average molecular weight is 175 g/mol. The molecule has 0 aliphatic carbocycles. The predicted molar refractivity (Wildman–Crippen MR) is 42.3 cm³/mol. The van der Waals surface area contributed by atoms with E-state index in [0.29, 0.717) is 0 Å². The van der Waals surface area contributed by atoms with Crippen molar-refractivity contribution in [2.24, 2.45) is 0 Å². The quantitative estimate of drug-likeness (QED) is 0.627. The molecule has 0 heterocycles. The molecular weight excluding hydrogens is 167 g/mol. The molecule has 1 aromatic carbocycles. The summed E-state index contributed by atoms with van der Waals surface area (Å²) in [5.41, 5.74) is -0.508. The lowest BCUT2D eigenvalue weighted by Crippen LogP contribution is -2.03. The van der Waals surface area contributed by atoms with Gasteiger partial charge in [0.2, 0.25) is 0 Å². The van der Waals surface area contributed by atoms with Crippen molar-refractivity contribution >= 4 is 11.6 Å². The number of para-hydroxylation sites is 1. The molecule has 0 fully saturated rings. The van der Waals surface area contributed by atoms with Gasteiger partial charge in [-0.3, -0.25) is 0 Å². The molecule has 0 aliphatic heterocycles. The first kappa shape index (κ1) is 8.34. The van der Waals surface area contributed by atoms with Crippen molar-refractivity contribution in [3.8, 4) is 5.75 Å². The highest BCUT2D eigenvalue weighted by molar-refractivity contribution is 6.19. The van der Waals surface area contributed by atoms with Crippen LogP contribution in [0.3, 0.4) is 0 Å². The summed E-state index contributed by atoms with van der Waals surface area (Å²) in [6, 6.07) is 6.15. The molecule has 1 rings (SSSR count). The Kier molecular flexibility index (Phi) is 2.71. The van der Waals surface area contributed by atoms with Crippen LogP contribution in [0.4, 0.5) is 4.39 Å². The fourth-order valence-electron chi connectivity index (χ4n) is 0.715. The molecule has 11 heavy (non-hydrogen) atoms. The molecule has 0 radical (unpaired) electrons. The Balaban J connectivity index is 2.78. The highest BCUT2D eigenvalue weighted by Gasteiger charge is 2.03. The van der Waals surface area contributed by atoms with Crippen LogP contribution in [0.5, 0.6) is 5.75 Å². The molecule has 0 aromatic heterocycles. The average Bonchev–Trinajstić information content (AvgIpc) is 1.93. The van der Waals surface area contributed by atoms with E-state index in [9.17, 15) is 4.39 Å². The van der Waals surface area contributed by atoms with Gasteiger partial charge in [-0.25, -0.2) is 4.39 Å². The van der Waals surface area contributed by atoms with Crippen LogP contribution in [0.2, 0.25) is 0 Å². The van der Waals surface area contributed by atoms with Gasteiger partial charge in [0.15, 0.2) is 17.1 Å². The van der Waals surface area contributed by atoms with Gasteiger partial charge >= 0.3 is 0 Å². The maximum atomic E-state index is 12.8. The van der Waals surface area contributed by atoms with Crippen molar-refractivity contribution in [2.45, 2.75) is 12.5 Å². The molecule has 0 saturated carbocycles. The molecule has 1 nitrogen and oxygen atoms in total. The van der Waals surface area contributed by atoms with Crippen molar-refractivity contribution in [1.29, 1.82) is 0 Å². The maximum absolute atomic E-state index is 12.8. The van der Waals surface area contributed by atoms with Gasteiger partial charge in [-0.05, 0) is 19.1 Å². The number of benzene rings is 1. The van der Waals surface area contributed by atoms with Crippen LogP contribution in [0.25, 0.3) is 0 Å². The van der Waals surface area contributed by atoms with E-state index < -0.39 is 5.56 Å². The molecular formula is C8H8ClFO. The van der Waals surface area contributed by atoms with E-state index in [0.717, 1.165) is 0 Å². The van der Waals surface area contributed by atoms with E-state index in [-0.39, 0.29) is 11.6 Å². The molecule has 0 saturated heterocycles. The Hall–Kier alpha value is -0.760. The summed E-state index contributed by atoms with van der Waals surface area (Å²) >= 11 is 5.50. The summed E-state index contributed by atoms with van der Waals surface area (Å²) < 4.78 is 17.7. The molecule has 3 heteroatoms. The molecule has 60 valence electrons. The van der Waals surface area contributed by atoms with E-state index in [1.807, 2.05) is 0 Å². The predicted octanol–water partition coefficient (Wildman–Crippen LogP) is 2.79. The minimum absolute atomic E-state index is 0.190. The molecule has 1 unspecified atom stereocenters. The van der Waals surface area contributed by atoms with Crippen molar-refractivity contribution in [3.63, 3.8) is 0 Å². The van der Waals surface area contributed by atoms with Gasteiger partial charge in [-0.2, -0.15) is 0 Å². The molecule has 0 spiro atoms. The Labute approximate surface area is 69.7 Å². The minimum atomic E-state index is -0.508. The second-order valence-electron chi connectivity index (χ2n) is 2.09. The number of halogens is 2. The fourth-order valence-corrected chi connectivity index (χ4v) is 0.811. The van der Waals surface area contributed by atoms with Crippen LogP contribution in [0.1, 0.15) is 6.92 Å². The fraction of sp³-hybridized carbons (Fsp3) is 0.250. The topological polar surface area (TPSA) is 9.23 Å². The molecule has 0 N–H and O–H groups in total. The van der Waals surface area contributed by atoms with Crippen LogP contribution >= 0.6 is 11.6 Å². The molecule has 0 bridgehead atoms. The minimum Gasteiger partial charge on any atom is -0.472 e. The Morgan fingerprint density at radius 2 is 2.09 bits per heavy atom. The summed E-state index contributed by atoms with van der Waals surface area (Å²) in [6.45, 7) is 1.63. The van der Waals surface area contributed by atoms with Gasteiger partial charge in [-0.15, -0.1) is 0 Å². The van der Waals surface area contributed by atoms with Gasteiger partial charge in [0.1, 0.15) is 0 Å². The van der Waals surface area contributed by atoms with E-state index in [2.05, 4.69) is 0 Å². The van der Waals surface area contributed by atoms with Crippen molar-refractivity contribution in [1.82, 2.24) is 0 Å². The first-order chi connectivity index (χ1) is 5.20. The van der Waals surface area contributed by atoms with E-state index in [1.54, 1.807) is 19.1 Å². The highest BCUT2D eigenvalue weighted by Crippen LogP contribution is 2.17. The zero-order chi connectivity index (χ0) is 8.27. The van der Waals surface area contributed by atoms with Gasteiger partial charge < -0.3 is 4.74 Å². The number of alkyl halides is 1.